The second kappa shape index (κ2) is 6.67. The minimum Gasteiger partial charge on any atom is -0.546 e. The maximum absolute atomic E-state index is 13.0. The van der Waals surface area contributed by atoms with Gasteiger partial charge < -0.3 is 19.1 Å². The first-order valence-electron chi connectivity index (χ1n) is 8.30. The molecule has 0 unspecified atom stereocenters. The van der Waals surface area contributed by atoms with E-state index in [4.69, 9.17) is 9.15 Å². The summed E-state index contributed by atoms with van der Waals surface area (Å²) in [5, 5.41) is 11.5. The fraction of sp³-hybridized carbons (Fsp3) is 0.238. The van der Waals surface area contributed by atoms with Crippen LogP contribution in [0.1, 0.15) is 23.6 Å². The van der Waals surface area contributed by atoms with E-state index in [1.807, 2.05) is 32.9 Å². The summed E-state index contributed by atoms with van der Waals surface area (Å²) in [5.41, 5.74) is 3.64. The molecule has 5 nitrogen and oxygen atoms in total. The van der Waals surface area contributed by atoms with Crippen LogP contribution in [0.2, 0.25) is 0 Å². The van der Waals surface area contributed by atoms with Crippen molar-refractivity contribution in [3.8, 4) is 17.1 Å². The predicted molar refractivity (Wildman–Crippen MR) is 97.2 cm³/mol. The standard InChI is InChI=1S/C21H20O5/c1-11-5-7-15(8-6-11)19-20(25-14(4)21(23)24)18(22)16-9-12(2)13(3)10-17(16)26-19/h5-10,14H,1-4H3,(H,23,24)/p-1/t14-/m1/s1. The van der Waals surface area contributed by atoms with E-state index in [1.54, 1.807) is 24.3 Å². The summed E-state index contributed by atoms with van der Waals surface area (Å²) < 4.78 is 11.4. The lowest BCUT2D eigenvalue weighted by Gasteiger charge is -2.18. The van der Waals surface area contributed by atoms with Crippen molar-refractivity contribution in [3.63, 3.8) is 0 Å². The Bertz CT molecular complexity index is 1040. The van der Waals surface area contributed by atoms with Gasteiger partial charge in [0.15, 0.2) is 5.76 Å². The number of carbonyl (C=O) groups is 1. The molecule has 26 heavy (non-hydrogen) atoms. The fourth-order valence-corrected chi connectivity index (χ4v) is 2.66. The Hall–Kier alpha value is -3.08. The van der Waals surface area contributed by atoms with Gasteiger partial charge in [0, 0.05) is 5.56 Å². The molecule has 2 aromatic carbocycles. The highest BCUT2D eigenvalue weighted by molar-refractivity contribution is 5.83. The summed E-state index contributed by atoms with van der Waals surface area (Å²) in [6.07, 6.45) is -1.29. The number of aryl methyl sites for hydroxylation is 3. The molecule has 134 valence electrons. The first-order chi connectivity index (χ1) is 12.3. The van der Waals surface area contributed by atoms with Crippen LogP contribution < -0.4 is 15.3 Å². The summed E-state index contributed by atoms with van der Waals surface area (Å²) in [7, 11) is 0. The van der Waals surface area contributed by atoms with E-state index in [-0.39, 0.29) is 11.5 Å². The SMILES string of the molecule is Cc1ccc(-c2oc3cc(C)c(C)cc3c(=O)c2O[C@H](C)C(=O)[O-])cc1. The van der Waals surface area contributed by atoms with E-state index in [9.17, 15) is 14.7 Å². The van der Waals surface area contributed by atoms with Gasteiger partial charge in [0.2, 0.25) is 11.2 Å². The maximum atomic E-state index is 13.0. The van der Waals surface area contributed by atoms with Crippen LogP contribution in [0, 0.1) is 20.8 Å². The van der Waals surface area contributed by atoms with E-state index in [0.717, 1.165) is 16.7 Å². The molecule has 0 aliphatic heterocycles. The molecule has 0 radical (unpaired) electrons. The van der Waals surface area contributed by atoms with Gasteiger partial charge in [0.1, 0.15) is 11.7 Å². The highest BCUT2D eigenvalue weighted by Gasteiger charge is 2.20. The van der Waals surface area contributed by atoms with E-state index in [2.05, 4.69) is 0 Å². The maximum Gasteiger partial charge on any atom is 0.235 e. The summed E-state index contributed by atoms with van der Waals surface area (Å²) in [5.74, 6) is -1.32. The van der Waals surface area contributed by atoms with E-state index < -0.39 is 17.5 Å². The van der Waals surface area contributed by atoms with Gasteiger partial charge >= 0.3 is 0 Å². The molecular weight excluding hydrogens is 332 g/mol. The van der Waals surface area contributed by atoms with Crippen LogP contribution in [0.15, 0.2) is 45.6 Å². The van der Waals surface area contributed by atoms with E-state index in [0.29, 0.717) is 16.5 Å². The van der Waals surface area contributed by atoms with Crippen LogP contribution in [0.25, 0.3) is 22.3 Å². The normalized spacial score (nSPS) is 12.2. The van der Waals surface area contributed by atoms with Gasteiger partial charge in [-0.1, -0.05) is 29.8 Å². The minimum atomic E-state index is -1.40. The van der Waals surface area contributed by atoms with Crippen LogP contribution in [0.3, 0.4) is 0 Å². The quantitative estimate of drug-likeness (QED) is 0.722. The molecule has 0 saturated heterocycles. The lowest BCUT2D eigenvalue weighted by atomic mass is 10.0. The average molecular weight is 351 g/mol. The van der Waals surface area contributed by atoms with Gasteiger partial charge in [0.25, 0.3) is 0 Å². The summed E-state index contributed by atoms with van der Waals surface area (Å²) in [6, 6.07) is 10.9. The number of carboxylic acids is 1. The molecule has 5 heteroatoms. The summed E-state index contributed by atoms with van der Waals surface area (Å²) >= 11 is 0. The van der Waals surface area contributed by atoms with Crippen molar-refractivity contribution in [1.82, 2.24) is 0 Å². The fourth-order valence-electron chi connectivity index (χ4n) is 2.66. The Labute approximate surface area is 150 Å². The number of hydrogen-bond acceptors (Lipinski definition) is 5. The average Bonchev–Trinajstić information content (AvgIpc) is 2.59. The van der Waals surface area contributed by atoms with Gasteiger partial charge in [-0.2, -0.15) is 0 Å². The second-order valence-electron chi connectivity index (χ2n) is 6.47. The molecule has 0 N–H and O–H groups in total. The van der Waals surface area contributed by atoms with Crippen LogP contribution in [-0.4, -0.2) is 12.1 Å². The van der Waals surface area contributed by atoms with Crippen molar-refractivity contribution >= 4 is 16.9 Å². The van der Waals surface area contributed by atoms with Crippen LogP contribution in [-0.2, 0) is 4.79 Å². The number of carbonyl (C=O) groups excluding carboxylic acids is 1. The van der Waals surface area contributed by atoms with E-state index >= 15 is 0 Å². The zero-order chi connectivity index (χ0) is 19.0. The molecule has 3 rings (SSSR count). The number of aliphatic carboxylic acids is 1. The Kier molecular flexibility index (Phi) is 4.55. The number of benzene rings is 2. The monoisotopic (exact) mass is 351 g/mol. The molecule has 0 amide bonds. The van der Waals surface area contributed by atoms with Crippen molar-refractivity contribution in [3.05, 3.63) is 63.3 Å². The zero-order valence-corrected chi connectivity index (χ0v) is 15.1. The Balaban J connectivity index is 2.32. The lowest BCUT2D eigenvalue weighted by Crippen LogP contribution is -2.38. The van der Waals surface area contributed by atoms with Gasteiger partial charge in [-0.15, -0.1) is 0 Å². The third kappa shape index (κ3) is 3.20. The minimum absolute atomic E-state index is 0.124. The largest absolute Gasteiger partial charge is 0.546 e. The van der Waals surface area contributed by atoms with Gasteiger partial charge in [0.05, 0.1) is 11.4 Å². The second-order valence-corrected chi connectivity index (χ2v) is 6.47. The third-order valence-electron chi connectivity index (χ3n) is 4.41. The van der Waals surface area contributed by atoms with Crippen LogP contribution >= 0.6 is 0 Å². The van der Waals surface area contributed by atoms with Gasteiger partial charge in [-0.3, -0.25) is 4.79 Å². The molecule has 0 saturated carbocycles. The number of fused-ring (bicyclic) bond motifs is 1. The topological polar surface area (TPSA) is 79.6 Å². The molecule has 0 aliphatic carbocycles. The van der Waals surface area contributed by atoms with Gasteiger partial charge in [-0.05, 0) is 51.0 Å². The number of carboxylic acid groups (broad SMARTS) is 1. The molecule has 0 spiro atoms. The van der Waals surface area contributed by atoms with Crippen LogP contribution in [0.4, 0.5) is 0 Å². The Morgan fingerprint density at radius 2 is 1.69 bits per heavy atom. The van der Waals surface area contributed by atoms with Crippen molar-refractivity contribution < 1.29 is 19.1 Å². The smallest absolute Gasteiger partial charge is 0.235 e. The first kappa shape index (κ1) is 17.7. The third-order valence-corrected chi connectivity index (χ3v) is 4.41. The molecule has 0 aliphatic rings. The lowest BCUT2D eigenvalue weighted by molar-refractivity contribution is -0.312. The van der Waals surface area contributed by atoms with Gasteiger partial charge in [-0.25, -0.2) is 0 Å². The highest BCUT2D eigenvalue weighted by Crippen LogP contribution is 2.32. The molecule has 0 bridgehead atoms. The van der Waals surface area contributed by atoms with Crippen molar-refractivity contribution in [2.24, 2.45) is 0 Å². The molecule has 1 atom stereocenters. The Morgan fingerprint density at radius 3 is 2.31 bits per heavy atom. The number of ether oxygens (including phenoxy) is 1. The number of rotatable bonds is 4. The highest BCUT2D eigenvalue weighted by atomic mass is 16.5. The molecular formula is C21H19O5-. The summed E-state index contributed by atoms with van der Waals surface area (Å²) in [6.45, 7) is 7.09. The molecule has 0 fully saturated rings. The van der Waals surface area contributed by atoms with Crippen LogP contribution in [0.5, 0.6) is 5.75 Å². The van der Waals surface area contributed by atoms with Crippen molar-refractivity contribution in [2.45, 2.75) is 33.8 Å². The zero-order valence-electron chi connectivity index (χ0n) is 15.1. The van der Waals surface area contributed by atoms with E-state index in [1.165, 1.54) is 6.92 Å². The first-order valence-corrected chi connectivity index (χ1v) is 8.30. The molecule has 3 aromatic rings. The molecule has 1 heterocycles. The van der Waals surface area contributed by atoms with Crippen molar-refractivity contribution in [2.75, 3.05) is 0 Å². The Morgan fingerprint density at radius 1 is 1.08 bits per heavy atom. The molecule has 1 aromatic heterocycles. The van der Waals surface area contributed by atoms with Crippen molar-refractivity contribution in [1.29, 1.82) is 0 Å². The summed E-state index contributed by atoms with van der Waals surface area (Å²) in [4.78, 5) is 24.1. The predicted octanol–water partition coefficient (Wildman–Crippen LogP) is 2.90. The number of hydrogen-bond donors (Lipinski definition) is 0.